The van der Waals surface area contributed by atoms with Crippen molar-refractivity contribution in [3.05, 3.63) is 40.5 Å². The van der Waals surface area contributed by atoms with Gasteiger partial charge in [0.2, 0.25) is 5.95 Å². The Balaban J connectivity index is 1.85. The molecule has 0 bridgehead atoms. The summed E-state index contributed by atoms with van der Waals surface area (Å²) >= 11 is 6.39. The molecule has 0 radical (unpaired) electrons. The van der Waals surface area contributed by atoms with Crippen LogP contribution in [0.15, 0.2) is 24.4 Å². The van der Waals surface area contributed by atoms with Gasteiger partial charge in [0, 0.05) is 24.3 Å². The Bertz CT molecular complexity index is 869. The maximum absolute atomic E-state index is 11.1. The molecular formula is C20H25ClN4O2. The second-order valence-electron chi connectivity index (χ2n) is 7.99. The molecule has 1 aliphatic carbocycles. The third kappa shape index (κ3) is 3.06. The number of nitrogens with two attached hydrogens (primary N) is 1. The van der Waals surface area contributed by atoms with E-state index in [-0.39, 0.29) is 18.0 Å². The Morgan fingerprint density at radius 1 is 1.30 bits per heavy atom. The molecule has 1 atom stereocenters. The number of hydrogen-bond acceptors (Lipinski definition) is 6. The number of anilines is 3. The summed E-state index contributed by atoms with van der Waals surface area (Å²) in [6, 6.07) is 6.16. The second kappa shape index (κ2) is 6.62. The van der Waals surface area contributed by atoms with Gasteiger partial charge in [-0.2, -0.15) is 4.98 Å². The molecule has 4 N–H and O–H groups in total. The van der Waals surface area contributed by atoms with Crippen LogP contribution in [0.3, 0.4) is 0 Å². The number of nitrogens with zero attached hydrogens (tertiary/aromatic N) is 3. The molecule has 2 heterocycles. The van der Waals surface area contributed by atoms with Gasteiger partial charge in [0.1, 0.15) is 5.02 Å². The Morgan fingerprint density at radius 3 is 2.74 bits per heavy atom. The van der Waals surface area contributed by atoms with E-state index in [0.29, 0.717) is 23.8 Å². The third-order valence-electron chi connectivity index (χ3n) is 6.08. The highest BCUT2D eigenvalue weighted by molar-refractivity contribution is 6.33. The van der Waals surface area contributed by atoms with Crippen LogP contribution in [0.5, 0.6) is 0 Å². The zero-order valence-electron chi connectivity index (χ0n) is 15.5. The summed E-state index contributed by atoms with van der Waals surface area (Å²) in [5.74, 6) is 0.722. The van der Waals surface area contributed by atoms with Crippen molar-refractivity contribution < 1.29 is 10.2 Å². The van der Waals surface area contributed by atoms with Crippen LogP contribution in [0.4, 0.5) is 17.5 Å². The van der Waals surface area contributed by atoms with E-state index in [1.54, 1.807) is 0 Å². The van der Waals surface area contributed by atoms with Gasteiger partial charge in [-0.3, -0.25) is 0 Å². The normalized spacial score (nSPS) is 23.6. The average molecular weight is 389 g/mol. The van der Waals surface area contributed by atoms with E-state index in [2.05, 4.69) is 29.0 Å². The molecule has 1 aromatic heterocycles. The largest absolute Gasteiger partial charge is 0.396 e. The fraction of sp³-hybridized carbons (Fsp3) is 0.500. The van der Waals surface area contributed by atoms with Crippen molar-refractivity contribution in [2.45, 2.75) is 50.0 Å². The quantitative estimate of drug-likeness (QED) is 0.744. The first kappa shape index (κ1) is 18.5. The van der Waals surface area contributed by atoms with Crippen molar-refractivity contribution in [2.24, 2.45) is 0 Å². The van der Waals surface area contributed by atoms with Crippen molar-refractivity contribution in [1.82, 2.24) is 9.97 Å². The summed E-state index contributed by atoms with van der Waals surface area (Å²) < 4.78 is 0. The molecule has 1 fully saturated rings. The summed E-state index contributed by atoms with van der Waals surface area (Å²) in [4.78, 5) is 10.4. The maximum atomic E-state index is 11.1. The summed E-state index contributed by atoms with van der Waals surface area (Å²) in [5.41, 5.74) is 7.79. The standard InChI is InChI=1S/C20H25ClN4O2/c1-19(8-9-26)12-25(17-15(21)11-23-18(22)24-17)16-10-13(4-5-14(16)19)20(27)6-2-3-7-20/h4-5,10-11,26-27H,2-3,6-9,12H2,1H3,(H2,22,23,24)/t19-/m0/s1. The monoisotopic (exact) mass is 388 g/mol. The molecule has 1 aliphatic heterocycles. The highest BCUT2D eigenvalue weighted by Crippen LogP contribution is 2.49. The molecule has 0 spiro atoms. The first-order valence-corrected chi connectivity index (χ1v) is 9.78. The minimum Gasteiger partial charge on any atom is -0.396 e. The van der Waals surface area contributed by atoms with Gasteiger partial charge < -0.3 is 20.8 Å². The van der Waals surface area contributed by atoms with E-state index in [1.807, 2.05) is 11.0 Å². The van der Waals surface area contributed by atoms with Crippen LogP contribution in [-0.4, -0.2) is 33.3 Å². The average Bonchev–Trinajstić information content (AvgIpc) is 3.20. The lowest BCUT2D eigenvalue weighted by atomic mass is 9.80. The van der Waals surface area contributed by atoms with E-state index in [9.17, 15) is 10.2 Å². The minimum absolute atomic E-state index is 0.0924. The van der Waals surface area contributed by atoms with Crippen LogP contribution in [0.2, 0.25) is 5.02 Å². The lowest BCUT2D eigenvalue weighted by molar-refractivity contribution is 0.0445. The molecule has 27 heavy (non-hydrogen) atoms. The zero-order valence-corrected chi connectivity index (χ0v) is 16.2. The topological polar surface area (TPSA) is 95.5 Å². The van der Waals surface area contributed by atoms with Crippen molar-refractivity contribution in [3.8, 4) is 0 Å². The number of benzene rings is 1. The molecule has 2 aliphatic rings. The van der Waals surface area contributed by atoms with Gasteiger partial charge in [-0.1, -0.05) is 43.5 Å². The van der Waals surface area contributed by atoms with Crippen molar-refractivity contribution in [1.29, 1.82) is 0 Å². The number of halogens is 1. The van der Waals surface area contributed by atoms with Gasteiger partial charge in [-0.15, -0.1) is 0 Å². The molecule has 0 unspecified atom stereocenters. The number of fused-ring (bicyclic) bond motifs is 1. The predicted octanol–water partition coefficient (Wildman–Crippen LogP) is 3.27. The first-order valence-electron chi connectivity index (χ1n) is 9.40. The molecule has 1 saturated carbocycles. The molecule has 6 nitrogen and oxygen atoms in total. The summed E-state index contributed by atoms with van der Waals surface area (Å²) in [6.45, 7) is 2.85. The second-order valence-corrected chi connectivity index (χ2v) is 8.40. The van der Waals surface area contributed by atoms with E-state index in [1.165, 1.54) is 6.20 Å². The van der Waals surface area contributed by atoms with E-state index < -0.39 is 5.60 Å². The molecular weight excluding hydrogens is 364 g/mol. The van der Waals surface area contributed by atoms with Crippen molar-refractivity contribution >= 4 is 29.1 Å². The van der Waals surface area contributed by atoms with Crippen LogP contribution in [0.25, 0.3) is 0 Å². The molecule has 4 rings (SSSR count). The van der Waals surface area contributed by atoms with Crippen LogP contribution < -0.4 is 10.6 Å². The summed E-state index contributed by atoms with van der Waals surface area (Å²) in [6.07, 6.45) is 5.76. The number of aliphatic hydroxyl groups is 2. The van der Waals surface area contributed by atoms with Crippen molar-refractivity contribution in [3.63, 3.8) is 0 Å². The number of nitrogen functional groups attached to an aromatic ring is 1. The minimum atomic E-state index is -0.773. The lowest BCUT2D eigenvalue weighted by Crippen LogP contribution is -2.30. The van der Waals surface area contributed by atoms with E-state index in [0.717, 1.165) is 42.5 Å². The number of hydrogen-bond donors (Lipinski definition) is 3. The smallest absolute Gasteiger partial charge is 0.222 e. The van der Waals surface area contributed by atoms with Crippen LogP contribution >= 0.6 is 11.6 Å². The number of rotatable bonds is 4. The Morgan fingerprint density at radius 2 is 2.04 bits per heavy atom. The van der Waals surface area contributed by atoms with Crippen LogP contribution in [-0.2, 0) is 11.0 Å². The van der Waals surface area contributed by atoms with E-state index >= 15 is 0 Å². The maximum Gasteiger partial charge on any atom is 0.222 e. The van der Waals surface area contributed by atoms with Crippen LogP contribution in [0.1, 0.15) is 50.2 Å². The predicted molar refractivity (Wildman–Crippen MR) is 106 cm³/mol. The summed E-state index contributed by atoms with van der Waals surface area (Å²) in [5, 5.41) is 21.1. The van der Waals surface area contributed by atoms with Gasteiger partial charge >= 0.3 is 0 Å². The van der Waals surface area contributed by atoms with Gasteiger partial charge in [0.05, 0.1) is 11.8 Å². The Labute approximate surface area is 164 Å². The molecule has 0 saturated heterocycles. The number of aromatic nitrogens is 2. The van der Waals surface area contributed by atoms with Crippen molar-refractivity contribution in [2.75, 3.05) is 23.8 Å². The molecule has 2 aromatic rings. The molecule has 0 amide bonds. The Hall–Kier alpha value is -1.89. The lowest BCUT2D eigenvalue weighted by Gasteiger charge is -2.25. The Kier molecular flexibility index (Phi) is 4.53. The molecule has 1 aromatic carbocycles. The van der Waals surface area contributed by atoms with Gasteiger partial charge in [0.15, 0.2) is 5.82 Å². The first-order chi connectivity index (χ1) is 12.9. The molecule has 144 valence electrons. The number of aliphatic hydroxyl groups excluding tert-OH is 1. The highest BCUT2D eigenvalue weighted by Gasteiger charge is 2.42. The van der Waals surface area contributed by atoms with Gasteiger partial charge in [-0.25, -0.2) is 4.98 Å². The fourth-order valence-corrected chi connectivity index (χ4v) is 4.73. The fourth-order valence-electron chi connectivity index (χ4n) is 4.53. The highest BCUT2D eigenvalue weighted by atomic mass is 35.5. The third-order valence-corrected chi connectivity index (χ3v) is 6.34. The van der Waals surface area contributed by atoms with Crippen LogP contribution in [0, 0.1) is 0 Å². The zero-order chi connectivity index (χ0) is 19.2. The summed E-state index contributed by atoms with van der Waals surface area (Å²) in [7, 11) is 0. The van der Waals surface area contributed by atoms with Gasteiger partial charge in [-0.05, 0) is 36.5 Å². The van der Waals surface area contributed by atoms with E-state index in [4.69, 9.17) is 17.3 Å². The molecule has 7 heteroatoms. The SMILES string of the molecule is C[C@]1(CCO)CN(c2nc(N)ncc2Cl)c2cc(C3(O)CCCC3)ccc21. The van der Waals surface area contributed by atoms with Gasteiger partial charge in [0.25, 0.3) is 0 Å².